The molecule has 4 heteroatoms. The summed E-state index contributed by atoms with van der Waals surface area (Å²) in [6.45, 7) is 7.79. The fraction of sp³-hybridized carbons (Fsp3) is 0.714. The highest BCUT2D eigenvalue weighted by Crippen LogP contribution is 2.46. The summed E-state index contributed by atoms with van der Waals surface area (Å²) in [5, 5.41) is 3.88. The van der Waals surface area contributed by atoms with Gasteiger partial charge in [-0.15, -0.1) is 0 Å². The van der Waals surface area contributed by atoms with Gasteiger partial charge >= 0.3 is 0 Å². The molecule has 4 nitrogen and oxygen atoms in total. The first-order valence-corrected chi connectivity index (χ1v) is 10.0. The van der Waals surface area contributed by atoms with Crippen molar-refractivity contribution in [1.82, 2.24) is 10.2 Å². The highest BCUT2D eigenvalue weighted by molar-refractivity contribution is 5.22. The summed E-state index contributed by atoms with van der Waals surface area (Å²) in [4.78, 5) is 2.48. The van der Waals surface area contributed by atoms with Crippen LogP contribution in [0.2, 0.25) is 0 Å². The Hall–Kier alpha value is -0.940. The Bertz CT molecular complexity index is 533. The molecule has 1 spiro atoms. The molecule has 0 radical (unpaired) electrons. The van der Waals surface area contributed by atoms with E-state index in [-0.39, 0.29) is 0 Å². The van der Waals surface area contributed by atoms with Crippen LogP contribution in [0.3, 0.4) is 0 Å². The van der Waals surface area contributed by atoms with Crippen LogP contribution >= 0.6 is 0 Å². The van der Waals surface area contributed by atoms with Crippen molar-refractivity contribution in [2.24, 2.45) is 5.41 Å². The predicted molar refractivity (Wildman–Crippen MR) is 99.5 cm³/mol. The average molecular weight is 344 g/mol. The van der Waals surface area contributed by atoms with E-state index in [2.05, 4.69) is 34.5 Å². The van der Waals surface area contributed by atoms with Gasteiger partial charge < -0.3 is 14.8 Å². The van der Waals surface area contributed by atoms with Crippen molar-refractivity contribution in [3.8, 4) is 0 Å². The molecule has 25 heavy (non-hydrogen) atoms. The molecule has 1 aromatic carbocycles. The Kier molecular flexibility index (Phi) is 5.71. The molecule has 2 heterocycles. The van der Waals surface area contributed by atoms with E-state index in [1.54, 1.807) is 0 Å². The maximum absolute atomic E-state index is 5.60. The van der Waals surface area contributed by atoms with Crippen molar-refractivity contribution in [3.63, 3.8) is 0 Å². The molecule has 0 amide bonds. The second kappa shape index (κ2) is 8.17. The van der Waals surface area contributed by atoms with Gasteiger partial charge in [0.05, 0.1) is 13.2 Å². The molecule has 1 unspecified atom stereocenters. The molecule has 1 atom stereocenters. The fourth-order valence-electron chi connectivity index (χ4n) is 4.85. The zero-order valence-electron chi connectivity index (χ0n) is 15.3. The lowest BCUT2D eigenvalue weighted by molar-refractivity contribution is 0.00415. The van der Waals surface area contributed by atoms with Gasteiger partial charge in [0, 0.05) is 45.4 Å². The molecule has 0 aromatic heterocycles. The molecule has 1 N–H and O–H groups in total. The van der Waals surface area contributed by atoms with Gasteiger partial charge in [0.25, 0.3) is 0 Å². The SMILES string of the molecule is c1cc(CN2CCOCC2)ccc1CNC1CCCC12CCOCC2. The number of nitrogens with one attached hydrogen (secondary N) is 1. The Balaban J connectivity index is 1.29. The van der Waals surface area contributed by atoms with E-state index in [4.69, 9.17) is 9.47 Å². The first kappa shape index (κ1) is 17.5. The minimum atomic E-state index is 0.508. The maximum Gasteiger partial charge on any atom is 0.0594 e. The molecule has 138 valence electrons. The molecule has 1 aromatic rings. The smallest absolute Gasteiger partial charge is 0.0594 e. The predicted octanol–water partition coefficient (Wildman–Crippen LogP) is 2.96. The van der Waals surface area contributed by atoms with Crippen LogP contribution in [0.25, 0.3) is 0 Å². The maximum atomic E-state index is 5.60. The minimum absolute atomic E-state index is 0.508. The van der Waals surface area contributed by atoms with Crippen LogP contribution in [0.4, 0.5) is 0 Å². The second-order valence-corrected chi connectivity index (χ2v) is 8.01. The first-order chi connectivity index (χ1) is 12.3. The summed E-state index contributed by atoms with van der Waals surface area (Å²) < 4.78 is 11.0. The molecular formula is C21H32N2O2. The fourth-order valence-corrected chi connectivity index (χ4v) is 4.85. The molecule has 3 aliphatic rings. The third-order valence-electron chi connectivity index (χ3n) is 6.48. The molecule has 1 aliphatic carbocycles. The summed E-state index contributed by atoms with van der Waals surface area (Å²) in [6.07, 6.45) is 6.56. The topological polar surface area (TPSA) is 33.7 Å². The summed E-state index contributed by atoms with van der Waals surface area (Å²) in [6, 6.07) is 9.86. The van der Waals surface area contributed by atoms with Gasteiger partial charge in [-0.25, -0.2) is 0 Å². The van der Waals surface area contributed by atoms with Crippen LogP contribution in [-0.2, 0) is 22.6 Å². The van der Waals surface area contributed by atoms with Gasteiger partial charge in [-0.1, -0.05) is 30.7 Å². The van der Waals surface area contributed by atoms with Crippen LogP contribution in [0.15, 0.2) is 24.3 Å². The van der Waals surface area contributed by atoms with E-state index in [0.29, 0.717) is 11.5 Å². The van der Waals surface area contributed by atoms with E-state index < -0.39 is 0 Å². The molecule has 2 aliphatic heterocycles. The van der Waals surface area contributed by atoms with Crippen LogP contribution in [0.1, 0.15) is 43.2 Å². The van der Waals surface area contributed by atoms with Crippen LogP contribution in [0, 0.1) is 5.41 Å². The standard InChI is InChI=1S/C21H32N2O2/c1-2-20(21(7-1)8-12-24-13-9-21)22-16-18-3-5-19(6-4-18)17-23-10-14-25-15-11-23/h3-6,20,22H,1-2,7-17H2. The monoisotopic (exact) mass is 344 g/mol. The van der Waals surface area contributed by atoms with E-state index in [1.165, 1.54) is 43.2 Å². The Morgan fingerprint density at radius 1 is 0.920 bits per heavy atom. The van der Waals surface area contributed by atoms with Crippen molar-refractivity contribution < 1.29 is 9.47 Å². The van der Waals surface area contributed by atoms with Crippen molar-refractivity contribution in [2.75, 3.05) is 39.5 Å². The lowest BCUT2D eigenvalue weighted by Gasteiger charge is -2.39. The Morgan fingerprint density at radius 3 is 2.36 bits per heavy atom. The lowest BCUT2D eigenvalue weighted by Crippen LogP contribution is -2.44. The van der Waals surface area contributed by atoms with Crippen LogP contribution in [-0.4, -0.2) is 50.5 Å². The largest absolute Gasteiger partial charge is 0.381 e. The minimum Gasteiger partial charge on any atom is -0.381 e. The average Bonchev–Trinajstić information content (AvgIpc) is 3.04. The molecular weight excluding hydrogens is 312 g/mol. The summed E-state index contributed by atoms with van der Waals surface area (Å²) in [5.41, 5.74) is 3.32. The van der Waals surface area contributed by atoms with E-state index in [1.807, 2.05) is 0 Å². The number of rotatable bonds is 5. The van der Waals surface area contributed by atoms with Crippen LogP contribution in [0.5, 0.6) is 0 Å². The number of morpholine rings is 1. The normalized spacial score (nSPS) is 27.0. The van der Waals surface area contributed by atoms with Crippen molar-refractivity contribution in [3.05, 3.63) is 35.4 Å². The third kappa shape index (κ3) is 4.25. The zero-order valence-corrected chi connectivity index (χ0v) is 15.3. The Labute approximate surface area is 151 Å². The van der Waals surface area contributed by atoms with Gasteiger partial charge in [-0.05, 0) is 42.2 Å². The van der Waals surface area contributed by atoms with E-state index in [0.717, 1.165) is 52.6 Å². The Morgan fingerprint density at radius 2 is 1.60 bits per heavy atom. The van der Waals surface area contributed by atoms with Crippen molar-refractivity contribution >= 4 is 0 Å². The van der Waals surface area contributed by atoms with E-state index >= 15 is 0 Å². The number of hydrogen-bond donors (Lipinski definition) is 1. The zero-order chi connectivity index (χ0) is 17.0. The quantitative estimate of drug-likeness (QED) is 0.890. The first-order valence-electron chi connectivity index (χ1n) is 10.0. The third-order valence-corrected chi connectivity index (χ3v) is 6.48. The molecule has 0 bridgehead atoms. The molecule has 2 saturated heterocycles. The summed E-state index contributed by atoms with van der Waals surface area (Å²) in [7, 11) is 0. The lowest BCUT2D eigenvalue weighted by atomic mass is 9.75. The van der Waals surface area contributed by atoms with Gasteiger partial charge in [-0.2, -0.15) is 0 Å². The van der Waals surface area contributed by atoms with Gasteiger partial charge in [0.2, 0.25) is 0 Å². The highest BCUT2D eigenvalue weighted by atomic mass is 16.5. The molecule has 4 rings (SSSR count). The van der Waals surface area contributed by atoms with E-state index in [9.17, 15) is 0 Å². The number of ether oxygens (including phenoxy) is 2. The highest BCUT2D eigenvalue weighted by Gasteiger charge is 2.43. The van der Waals surface area contributed by atoms with Gasteiger partial charge in [0.1, 0.15) is 0 Å². The van der Waals surface area contributed by atoms with Crippen molar-refractivity contribution in [1.29, 1.82) is 0 Å². The van der Waals surface area contributed by atoms with Crippen molar-refractivity contribution in [2.45, 2.75) is 51.2 Å². The molecule has 3 fully saturated rings. The van der Waals surface area contributed by atoms with Crippen LogP contribution < -0.4 is 5.32 Å². The summed E-state index contributed by atoms with van der Waals surface area (Å²) >= 11 is 0. The number of hydrogen-bond acceptors (Lipinski definition) is 4. The van der Waals surface area contributed by atoms with Gasteiger partial charge in [0.15, 0.2) is 0 Å². The molecule has 1 saturated carbocycles. The number of nitrogens with zero attached hydrogens (tertiary/aromatic N) is 1. The van der Waals surface area contributed by atoms with Gasteiger partial charge in [-0.3, -0.25) is 4.90 Å². The summed E-state index contributed by atoms with van der Waals surface area (Å²) in [5.74, 6) is 0. The second-order valence-electron chi connectivity index (χ2n) is 8.01. The number of benzene rings is 1.